The summed E-state index contributed by atoms with van der Waals surface area (Å²) in [6, 6.07) is 10.7. The van der Waals surface area contributed by atoms with Crippen LogP contribution in [0.15, 0.2) is 35.7 Å². The van der Waals surface area contributed by atoms with Crippen molar-refractivity contribution in [3.63, 3.8) is 0 Å². The molecule has 0 bridgehead atoms. The second-order valence-electron chi connectivity index (χ2n) is 3.47. The van der Waals surface area contributed by atoms with Gasteiger partial charge in [-0.1, -0.05) is 6.07 Å². The van der Waals surface area contributed by atoms with Crippen LogP contribution in [0.1, 0.15) is 16.3 Å². The molecule has 0 unspecified atom stereocenters. The molecule has 0 aromatic carbocycles. The highest BCUT2D eigenvalue weighted by Gasteiger charge is 2.09. The Morgan fingerprint density at radius 1 is 1.21 bits per heavy atom. The van der Waals surface area contributed by atoms with Gasteiger partial charge in [0.25, 0.3) is 0 Å². The molecule has 0 radical (unpaired) electrons. The van der Waals surface area contributed by atoms with Gasteiger partial charge < -0.3 is 0 Å². The second-order valence-corrected chi connectivity index (χ2v) is 4.51. The van der Waals surface area contributed by atoms with Gasteiger partial charge in [0, 0.05) is 23.9 Å². The minimum Gasteiger partial charge on any atom is -0.202 e. The molecular weight excluding hydrogens is 190 g/mol. The molecule has 0 amide bonds. The molecule has 0 aliphatic carbocycles. The Hall–Kier alpha value is -1.15. The van der Waals surface area contributed by atoms with Crippen LogP contribution < -0.4 is 4.57 Å². The van der Waals surface area contributed by atoms with Gasteiger partial charge in [0.05, 0.1) is 6.42 Å². The molecule has 0 atom stereocenters. The lowest BCUT2D eigenvalue weighted by Crippen LogP contribution is -2.36. The molecule has 0 aliphatic heterocycles. The van der Waals surface area contributed by atoms with Gasteiger partial charge in [0.15, 0.2) is 11.4 Å². The maximum atomic E-state index is 2.25. The summed E-state index contributed by atoms with van der Waals surface area (Å²) in [5.74, 6) is 0. The zero-order valence-corrected chi connectivity index (χ0v) is 9.34. The lowest BCUT2D eigenvalue weighted by molar-refractivity contribution is -0.684. The van der Waals surface area contributed by atoms with E-state index in [4.69, 9.17) is 0 Å². The van der Waals surface area contributed by atoms with Gasteiger partial charge in [0.1, 0.15) is 7.05 Å². The number of rotatable bonds is 2. The number of pyridine rings is 1. The van der Waals surface area contributed by atoms with Crippen LogP contribution in [0.4, 0.5) is 0 Å². The molecule has 2 rings (SSSR count). The molecule has 0 saturated carbocycles. The lowest BCUT2D eigenvalue weighted by Gasteiger charge is -2.00. The van der Waals surface area contributed by atoms with Gasteiger partial charge in [-0.3, -0.25) is 0 Å². The molecule has 0 N–H and O–H groups in total. The molecule has 2 aromatic rings. The van der Waals surface area contributed by atoms with Crippen molar-refractivity contribution >= 4 is 11.3 Å². The largest absolute Gasteiger partial charge is 0.202 e. The van der Waals surface area contributed by atoms with Gasteiger partial charge in [-0.15, -0.1) is 11.3 Å². The maximum absolute atomic E-state index is 2.25. The quantitative estimate of drug-likeness (QED) is 0.662. The Morgan fingerprint density at radius 2 is 2.07 bits per heavy atom. The maximum Gasteiger partial charge on any atom is 0.186 e. The number of hydrogen-bond donors (Lipinski definition) is 0. The van der Waals surface area contributed by atoms with E-state index < -0.39 is 0 Å². The van der Waals surface area contributed by atoms with E-state index in [-0.39, 0.29) is 0 Å². The third kappa shape index (κ3) is 1.85. The highest BCUT2D eigenvalue weighted by atomic mass is 32.1. The molecule has 2 aromatic heterocycles. The fraction of sp³-hybridized carbons (Fsp3) is 0.250. The molecule has 0 aliphatic rings. The average molecular weight is 204 g/mol. The summed E-state index contributed by atoms with van der Waals surface area (Å²) < 4.78 is 2.25. The zero-order valence-electron chi connectivity index (χ0n) is 8.53. The Labute approximate surface area is 88.7 Å². The van der Waals surface area contributed by atoms with E-state index >= 15 is 0 Å². The third-order valence-electron chi connectivity index (χ3n) is 2.52. The Kier molecular flexibility index (Phi) is 2.64. The molecule has 2 heteroatoms. The van der Waals surface area contributed by atoms with Crippen molar-refractivity contribution in [3.8, 4) is 0 Å². The molecule has 0 saturated heterocycles. The molecule has 1 nitrogen and oxygen atoms in total. The monoisotopic (exact) mass is 204 g/mol. The number of aryl methyl sites for hydroxylation is 1. The van der Waals surface area contributed by atoms with Crippen LogP contribution in [0, 0.1) is 6.92 Å². The predicted octanol–water partition coefficient (Wildman–Crippen LogP) is 2.47. The minimum atomic E-state index is 1.04. The van der Waals surface area contributed by atoms with Crippen LogP contribution >= 0.6 is 11.3 Å². The van der Waals surface area contributed by atoms with E-state index in [1.54, 1.807) is 0 Å². The van der Waals surface area contributed by atoms with Gasteiger partial charge in [-0.05, 0) is 17.5 Å². The van der Waals surface area contributed by atoms with Crippen LogP contribution in [0.2, 0.25) is 0 Å². The van der Waals surface area contributed by atoms with E-state index in [2.05, 4.69) is 54.3 Å². The molecular formula is C12H14NS+. The Bertz CT molecular complexity index is 418. The van der Waals surface area contributed by atoms with Crippen molar-refractivity contribution in [2.75, 3.05) is 0 Å². The smallest absolute Gasteiger partial charge is 0.186 e. The first kappa shape index (κ1) is 9.41. The van der Waals surface area contributed by atoms with Crippen LogP contribution in [-0.4, -0.2) is 0 Å². The summed E-state index contributed by atoms with van der Waals surface area (Å²) in [4.78, 5) is 1.42. The SMILES string of the molecule is Cc1cccc(Cc2cccs2)[n+]1C. The fourth-order valence-corrected chi connectivity index (χ4v) is 2.24. The number of hydrogen-bond acceptors (Lipinski definition) is 1. The highest BCUT2D eigenvalue weighted by molar-refractivity contribution is 7.09. The highest BCUT2D eigenvalue weighted by Crippen LogP contribution is 2.12. The summed E-state index contributed by atoms with van der Waals surface area (Å²) >= 11 is 1.82. The van der Waals surface area contributed by atoms with Crippen molar-refractivity contribution in [3.05, 3.63) is 52.0 Å². The van der Waals surface area contributed by atoms with Crippen molar-refractivity contribution < 1.29 is 4.57 Å². The second kappa shape index (κ2) is 3.93. The van der Waals surface area contributed by atoms with Crippen LogP contribution in [0.25, 0.3) is 0 Å². The summed E-state index contributed by atoms with van der Waals surface area (Å²) in [6.45, 7) is 2.14. The van der Waals surface area contributed by atoms with E-state index in [9.17, 15) is 0 Å². The van der Waals surface area contributed by atoms with Gasteiger partial charge >= 0.3 is 0 Å². The molecule has 0 spiro atoms. The molecule has 0 fully saturated rings. The summed E-state index contributed by atoms with van der Waals surface area (Å²) in [6.07, 6.45) is 1.04. The molecule has 72 valence electrons. The first-order chi connectivity index (χ1) is 6.77. The zero-order chi connectivity index (χ0) is 9.97. The first-order valence-electron chi connectivity index (χ1n) is 4.74. The summed E-state index contributed by atoms with van der Waals surface area (Å²) in [5.41, 5.74) is 2.67. The van der Waals surface area contributed by atoms with Crippen LogP contribution in [0.3, 0.4) is 0 Å². The van der Waals surface area contributed by atoms with E-state index in [1.807, 2.05) is 11.3 Å². The normalized spacial score (nSPS) is 10.4. The third-order valence-corrected chi connectivity index (χ3v) is 3.40. The van der Waals surface area contributed by atoms with Crippen molar-refractivity contribution in [2.45, 2.75) is 13.3 Å². The van der Waals surface area contributed by atoms with Crippen molar-refractivity contribution in [1.82, 2.24) is 0 Å². The van der Waals surface area contributed by atoms with Crippen molar-refractivity contribution in [2.24, 2.45) is 7.05 Å². The topological polar surface area (TPSA) is 3.88 Å². The number of nitrogens with zero attached hydrogens (tertiary/aromatic N) is 1. The van der Waals surface area contributed by atoms with Gasteiger partial charge in [-0.2, -0.15) is 0 Å². The average Bonchev–Trinajstić information content (AvgIpc) is 2.66. The van der Waals surface area contributed by atoms with Gasteiger partial charge in [0.2, 0.25) is 0 Å². The lowest BCUT2D eigenvalue weighted by atomic mass is 10.2. The van der Waals surface area contributed by atoms with E-state index in [0.29, 0.717) is 0 Å². The minimum absolute atomic E-state index is 1.04. The van der Waals surface area contributed by atoms with Crippen molar-refractivity contribution in [1.29, 1.82) is 0 Å². The Balaban J connectivity index is 2.29. The predicted molar refractivity (Wildman–Crippen MR) is 59.5 cm³/mol. The van der Waals surface area contributed by atoms with Gasteiger partial charge in [-0.25, -0.2) is 4.57 Å². The van der Waals surface area contributed by atoms with E-state index in [1.165, 1.54) is 16.3 Å². The Morgan fingerprint density at radius 3 is 2.79 bits per heavy atom. The van der Waals surface area contributed by atoms with E-state index in [0.717, 1.165) is 6.42 Å². The fourth-order valence-electron chi connectivity index (χ4n) is 1.52. The standard InChI is InChI=1S/C12H14NS/c1-10-5-3-6-11(13(10)2)9-12-7-4-8-14-12/h3-8H,9H2,1-2H3/q+1. The molecule has 14 heavy (non-hydrogen) atoms. The molecule has 2 heterocycles. The number of aromatic nitrogens is 1. The van der Waals surface area contributed by atoms with Crippen LogP contribution in [-0.2, 0) is 13.5 Å². The summed E-state index contributed by atoms with van der Waals surface area (Å²) in [7, 11) is 2.12. The number of thiophene rings is 1. The first-order valence-corrected chi connectivity index (χ1v) is 5.62. The van der Waals surface area contributed by atoms with Crippen LogP contribution in [0.5, 0.6) is 0 Å². The summed E-state index contributed by atoms with van der Waals surface area (Å²) in [5, 5.41) is 2.13.